The number of alkyl halides is 3. The van der Waals surface area contributed by atoms with Gasteiger partial charge in [-0.15, -0.1) is 0 Å². The van der Waals surface area contributed by atoms with E-state index in [0.717, 1.165) is 0 Å². The van der Waals surface area contributed by atoms with Crippen molar-refractivity contribution in [3.63, 3.8) is 0 Å². The molecule has 0 bridgehead atoms. The van der Waals surface area contributed by atoms with E-state index in [1.807, 2.05) is 4.57 Å². The number of aromatic nitrogens is 3. The lowest BCUT2D eigenvalue weighted by Crippen LogP contribution is -2.41. The number of carboxylic acid groups (broad SMARTS) is 1. The van der Waals surface area contributed by atoms with Crippen LogP contribution in [-0.2, 0) is 15.8 Å². The molecular formula is C26H33F3N3O5SSi-. The molecule has 2 heterocycles. The van der Waals surface area contributed by atoms with E-state index in [0.29, 0.717) is 47.2 Å². The normalized spacial score (nSPS) is 12.7. The SMILES string of the molecule is CC(C)(C)[Si](C)(C)OCCn1ccc2c(=O)n(-c3ccc(OCC(F)(F)F)cc3)c(SCCCC(=O)[O-])nc21. The van der Waals surface area contributed by atoms with Gasteiger partial charge in [0.2, 0.25) is 0 Å². The number of hydrogen-bond donors (Lipinski definition) is 0. The number of benzene rings is 1. The Kier molecular flexibility index (Phi) is 9.60. The molecule has 0 aliphatic rings. The first kappa shape index (κ1) is 30.8. The van der Waals surface area contributed by atoms with Crippen molar-refractivity contribution in [2.45, 2.75) is 69.6 Å². The molecular weight excluding hydrogens is 551 g/mol. The molecule has 0 N–H and O–H groups in total. The molecule has 1 aromatic carbocycles. The van der Waals surface area contributed by atoms with Crippen molar-refractivity contribution in [1.29, 1.82) is 0 Å². The number of halogens is 3. The van der Waals surface area contributed by atoms with Crippen LogP contribution in [-0.4, -0.2) is 53.5 Å². The fraction of sp³-hybridized carbons (Fsp3) is 0.500. The number of nitrogens with zero attached hydrogens (tertiary/aromatic N) is 3. The molecule has 0 radical (unpaired) electrons. The highest BCUT2D eigenvalue weighted by molar-refractivity contribution is 7.99. The highest BCUT2D eigenvalue weighted by Gasteiger charge is 2.37. The lowest BCUT2D eigenvalue weighted by molar-refractivity contribution is -0.305. The number of hydrogen-bond acceptors (Lipinski definition) is 7. The van der Waals surface area contributed by atoms with Crippen LogP contribution in [0.15, 0.2) is 46.5 Å². The second kappa shape index (κ2) is 12.2. The molecule has 13 heteroatoms. The molecule has 0 spiro atoms. The zero-order chi connectivity index (χ0) is 29.0. The van der Waals surface area contributed by atoms with Crippen molar-refractivity contribution in [3.8, 4) is 11.4 Å². The number of rotatable bonds is 12. The van der Waals surface area contributed by atoms with Gasteiger partial charge in [-0.05, 0) is 61.3 Å². The second-order valence-electron chi connectivity index (χ2n) is 10.6. The van der Waals surface area contributed by atoms with Crippen LogP contribution in [0.1, 0.15) is 33.6 Å². The van der Waals surface area contributed by atoms with E-state index < -0.39 is 27.1 Å². The highest BCUT2D eigenvalue weighted by atomic mass is 32.2. The van der Waals surface area contributed by atoms with E-state index in [9.17, 15) is 27.9 Å². The summed E-state index contributed by atoms with van der Waals surface area (Å²) in [6.07, 6.45) is -2.52. The van der Waals surface area contributed by atoms with Crippen LogP contribution in [0.4, 0.5) is 13.2 Å². The maximum atomic E-state index is 13.6. The molecule has 3 rings (SSSR count). The first-order valence-corrected chi connectivity index (χ1v) is 16.4. The standard InChI is InChI=1S/C26H34F3N3O5SSi/c1-25(2,3)39(4,5)37-15-14-31-13-12-20-22(31)30-24(38-16-6-7-21(33)34)32(23(20)35)18-8-10-19(11-9-18)36-17-26(27,28)29/h8-13H,6-7,14-17H2,1-5H3,(H,33,34)/p-1. The van der Waals surface area contributed by atoms with Gasteiger partial charge in [0, 0.05) is 24.5 Å². The second-order valence-corrected chi connectivity index (χ2v) is 16.5. The summed E-state index contributed by atoms with van der Waals surface area (Å²) < 4.78 is 51.8. The van der Waals surface area contributed by atoms with Crippen molar-refractivity contribution in [3.05, 3.63) is 46.9 Å². The summed E-state index contributed by atoms with van der Waals surface area (Å²) in [4.78, 5) is 29.2. The Morgan fingerprint density at radius 1 is 1.13 bits per heavy atom. The Morgan fingerprint density at radius 3 is 2.38 bits per heavy atom. The first-order valence-electron chi connectivity index (χ1n) is 12.5. The summed E-state index contributed by atoms with van der Waals surface area (Å²) in [5.74, 6) is -0.788. The van der Waals surface area contributed by atoms with E-state index >= 15 is 0 Å². The summed E-state index contributed by atoms with van der Waals surface area (Å²) in [6.45, 7) is 10.3. The van der Waals surface area contributed by atoms with Crippen LogP contribution in [0.25, 0.3) is 16.7 Å². The topological polar surface area (TPSA) is 98.4 Å². The van der Waals surface area contributed by atoms with Gasteiger partial charge in [0.05, 0.1) is 17.7 Å². The van der Waals surface area contributed by atoms with E-state index in [1.54, 1.807) is 12.3 Å². The molecule has 214 valence electrons. The highest BCUT2D eigenvalue weighted by Crippen LogP contribution is 2.36. The Morgan fingerprint density at radius 2 is 1.79 bits per heavy atom. The van der Waals surface area contributed by atoms with Crippen LogP contribution in [0, 0.1) is 0 Å². The molecule has 0 aliphatic carbocycles. The van der Waals surface area contributed by atoms with Gasteiger partial charge >= 0.3 is 6.18 Å². The minimum absolute atomic E-state index is 0.00852. The Labute approximate surface area is 230 Å². The van der Waals surface area contributed by atoms with Gasteiger partial charge in [-0.1, -0.05) is 32.5 Å². The van der Waals surface area contributed by atoms with Crippen molar-refractivity contribution < 1.29 is 32.2 Å². The molecule has 3 aromatic rings. The largest absolute Gasteiger partial charge is 0.550 e. The fourth-order valence-electron chi connectivity index (χ4n) is 3.46. The maximum Gasteiger partial charge on any atom is 0.422 e. The van der Waals surface area contributed by atoms with Crippen LogP contribution >= 0.6 is 11.8 Å². The Balaban J connectivity index is 1.93. The molecule has 0 saturated carbocycles. The van der Waals surface area contributed by atoms with Gasteiger partial charge in [0.25, 0.3) is 5.56 Å². The summed E-state index contributed by atoms with van der Waals surface area (Å²) >= 11 is 1.22. The molecule has 2 aromatic heterocycles. The van der Waals surface area contributed by atoms with Gasteiger partial charge in [0.15, 0.2) is 20.1 Å². The van der Waals surface area contributed by atoms with Crippen molar-refractivity contribution in [2.24, 2.45) is 0 Å². The van der Waals surface area contributed by atoms with Crippen LogP contribution in [0.3, 0.4) is 0 Å². The van der Waals surface area contributed by atoms with Gasteiger partial charge < -0.3 is 23.6 Å². The molecule has 8 nitrogen and oxygen atoms in total. The van der Waals surface area contributed by atoms with E-state index in [1.165, 1.54) is 40.6 Å². The van der Waals surface area contributed by atoms with Gasteiger partial charge in [0.1, 0.15) is 11.4 Å². The molecule has 0 unspecified atom stereocenters. The average Bonchev–Trinajstić information content (AvgIpc) is 3.23. The monoisotopic (exact) mass is 584 g/mol. The number of ether oxygens (including phenoxy) is 1. The number of carbonyl (C=O) groups is 1. The number of thioether (sulfide) groups is 1. The van der Waals surface area contributed by atoms with E-state index in [4.69, 9.17) is 14.1 Å². The van der Waals surface area contributed by atoms with Crippen molar-refractivity contribution in [1.82, 2.24) is 14.1 Å². The predicted octanol–water partition coefficient (Wildman–Crippen LogP) is 4.77. The minimum atomic E-state index is -4.47. The average molecular weight is 585 g/mol. The number of aliphatic carboxylic acids is 1. The lowest BCUT2D eigenvalue weighted by atomic mass is 10.2. The summed E-state index contributed by atoms with van der Waals surface area (Å²) in [7, 11) is -1.96. The minimum Gasteiger partial charge on any atom is -0.550 e. The summed E-state index contributed by atoms with van der Waals surface area (Å²) in [6, 6.07) is 7.35. The van der Waals surface area contributed by atoms with Crippen LogP contribution in [0.2, 0.25) is 18.1 Å². The van der Waals surface area contributed by atoms with Crippen LogP contribution in [0.5, 0.6) is 5.75 Å². The zero-order valence-electron chi connectivity index (χ0n) is 22.6. The third-order valence-electron chi connectivity index (χ3n) is 6.62. The zero-order valence-corrected chi connectivity index (χ0v) is 24.4. The first-order chi connectivity index (χ1) is 18.1. The third-order valence-corrected chi connectivity index (χ3v) is 12.2. The molecule has 0 fully saturated rings. The molecule has 0 atom stereocenters. The molecule has 0 amide bonds. The molecule has 0 saturated heterocycles. The lowest BCUT2D eigenvalue weighted by Gasteiger charge is -2.36. The number of carbonyl (C=O) groups excluding carboxylic acids is 1. The summed E-state index contributed by atoms with van der Waals surface area (Å²) in [5, 5.41) is 11.6. The molecule has 0 aliphatic heterocycles. The Bertz CT molecular complexity index is 1350. The van der Waals surface area contributed by atoms with E-state index in [-0.39, 0.29) is 22.8 Å². The van der Waals surface area contributed by atoms with Gasteiger partial charge in [-0.2, -0.15) is 13.2 Å². The van der Waals surface area contributed by atoms with Gasteiger partial charge in [-0.25, -0.2) is 4.98 Å². The predicted molar refractivity (Wildman–Crippen MR) is 145 cm³/mol. The fourth-order valence-corrected chi connectivity index (χ4v) is 5.44. The molecule has 39 heavy (non-hydrogen) atoms. The number of carboxylic acids is 1. The maximum absolute atomic E-state index is 13.6. The smallest absolute Gasteiger partial charge is 0.422 e. The van der Waals surface area contributed by atoms with Gasteiger partial charge in [-0.3, -0.25) is 9.36 Å². The summed E-state index contributed by atoms with van der Waals surface area (Å²) in [5.41, 5.74) is 0.517. The number of fused-ring (bicyclic) bond motifs is 1. The van der Waals surface area contributed by atoms with Crippen molar-refractivity contribution >= 4 is 37.1 Å². The van der Waals surface area contributed by atoms with E-state index in [2.05, 4.69) is 33.9 Å². The Hall–Kier alpha value is -2.77. The van der Waals surface area contributed by atoms with Crippen LogP contribution < -0.4 is 15.4 Å². The third kappa shape index (κ3) is 8.12. The van der Waals surface area contributed by atoms with Crippen molar-refractivity contribution in [2.75, 3.05) is 19.0 Å². The quantitative estimate of drug-likeness (QED) is 0.131.